The van der Waals surface area contributed by atoms with Gasteiger partial charge in [-0.15, -0.1) is 0 Å². The zero-order chi connectivity index (χ0) is 11.5. The third-order valence-corrected chi connectivity index (χ3v) is 4.08. The van der Waals surface area contributed by atoms with Gasteiger partial charge in [-0.2, -0.15) is 0 Å². The Balaban J connectivity index is 2.06. The summed E-state index contributed by atoms with van der Waals surface area (Å²) in [7, 11) is -0.696. The maximum Gasteiger partial charge on any atom is 0.129 e. The van der Waals surface area contributed by atoms with Crippen LogP contribution in [-0.2, 0) is 17.3 Å². The highest BCUT2D eigenvalue weighted by molar-refractivity contribution is 7.85. The lowest BCUT2D eigenvalue weighted by Gasteiger charge is -2.26. The van der Waals surface area contributed by atoms with E-state index in [4.69, 9.17) is 5.73 Å². The highest BCUT2D eigenvalue weighted by Crippen LogP contribution is 2.18. The second-order valence-electron chi connectivity index (χ2n) is 3.93. The molecule has 0 spiro atoms. The van der Waals surface area contributed by atoms with Crippen LogP contribution in [0.25, 0.3) is 0 Å². The number of anilines is 1. The van der Waals surface area contributed by atoms with Gasteiger partial charge in [0.25, 0.3) is 0 Å². The lowest BCUT2D eigenvalue weighted by molar-refractivity contribution is 0.287. The van der Waals surface area contributed by atoms with Crippen LogP contribution in [0.2, 0.25) is 0 Å². The molecule has 2 N–H and O–H groups in total. The summed E-state index contributed by atoms with van der Waals surface area (Å²) in [6.07, 6.45) is 0. The number of halogens is 1. The third kappa shape index (κ3) is 2.59. The fourth-order valence-corrected chi connectivity index (χ4v) is 2.93. The smallest absolute Gasteiger partial charge is 0.129 e. The molecule has 88 valence electrons. The summed E-state index contributed by atoms with van der Waals surface area (Å²) in [6, 6.07) is 4.74. The van der Waals surface area contributed by atoms with E-state index in [0.29, 0.717) is 29.3 Å². The van der Waals surface area contributed by atoms with Gasteiger partial charge in [0, 0.05) is 53.2 Å². The predicted octanol–water partition coefficient (Wildman–Crippen LogP) is 0.972. The Bertz CT molecular complexity index is 381. The van der Waals surface area contributed by atoms with E-state index in [1.165, 1.54) is 6.07 Å². The van der Waals surface area contributed by atoms with E-state index >= 15 is 0 Å². The molecule has 0 aliphatic carbocycles. The Kier molecular flexibility index (Phi) is 3.56. The van der Waals surface area contributed by atoms with Crippen LogP contribution < -0.4 is 5.73 Å². The van der Waals surface area contributed by atoms with Crippen LogP contribution in [0.4, 0.5) is 10.1 Å². The number of benzene rings is 1. The number of hydrogen-bond donors (Lipinski definition) is 1. The normalized spacial score (nSPS) is 18.8. The Hall–Kier alpha value is -0.940. The van der Waals surface area contributed by atoms with Crippen molar-refractivity contribution in [2.75, 3.05) is 30.3 Å². The molecule has 1 aromatic rings. The number of nitrogen functional groups attached to an aromatic ring is 1. The molecule has 1 heterocycles. The third-order valence-electron chi connectivity index (χ3n) is 2.81. The summed E-state index contributed by atoms with van der Waals surface area (Å²) >= 11 is 0. The van der Waals surface area contributed by atoms with E-state index in [2.05, 4.69) is 4.90 Å². The molecule has 1 aliphatic rings. The Morgan fingerprint density at radius 3 is 2.69 bits per heavy atom. The summed E-state index contributed by atoms with van der Waals surface area (Å²) in [4.78, 5) is 2.09. The van der Waals surface area contributed by atoms with Crippen molar-refractivity contribution in [3.8, 4) is 0 Å². The van der Waals surface area contributed by atoms with Crippen LogP contribution in [0.3, 0.4) is 0 Å². The van der Waals surface area contributed by atoms with Gasteiger partial charge < -0.3 is 5.73 Å². The van der Waals surface area contributed by atoms with Gasteiger partial charge in [0.05, 0.1) is 0 Å². The average Bonchev–Trinajstić information content (AvgIpc) is 2.26. The van der Waals surface area contributed by atoms with Crippen LogP contribution in [0.15, 0.2) is 18.2 Å². The van der Waals surface area contributed by atoms with E-state index in [1.807, 2.05) is 0 Å². The summed E-state index contributed by atoms with van der Waals surface area (Å²) in [6.45, 7) is 2.01. The molecule has 0 amide bonds. The lowest BCUT2D eigenvalue weighted by atomic mass is 10.1. The van der Waals surface area contributed by atoms with Crippen molar-refractivity contribution >= 4 is 16.5 Å². The molecule has 1 saturated heterocycles. The standard InChI is InChI=1S/C11H15FN2OS/c12-10-2-1-3-11(13)9(10)8-14-4-6-16(15)7-5-14/h1-3H,4-8,13H2. The molecule has 3 nitrogen and oxygen atoms in total. The molecule has 0 bridgehead atoms. The summed E-state index contributed by atoms with van der Waals surface area (Å²) in [5.74, 6) is 1.09. The molecular weight excluding hydrogens is 227 g/mol. The maximum atomic E-state index is 13.5. The second kappa shape index (κ2) is 4.93. The monoisotopic (exact) mass is 242 g/mol. The molecule has 0 unspecified atom stereocenters. The molecule has 0 saturated carbocycles. The van der Waals surface area contributed by atoms with Gasteiger partial charge in [0.15, 0.2) is 0 Å². The number of nitrogens with zero attached hydrogens (tertiary/aromatic N) is 1. The van der Waals surface area contributed by atoms with E-state index in [1.54, 1.807) is 12.1 Å². The summed E-state index contributed by atoms with van der Waals surface area (Å²) in [5, 5.41) is 0. The number of rotatable bonds is 2. The van der Waals surface area contributed by atoms with Crippen molar-refractivity contribution in [2.24, 2.45) is 0 Å². The van der Waals surface area contributed by atoms with Gasteiger partial charge in [-0.25, -0.2) is 4.39 Å². The van der Waals surface area contributed by atoms with Crippen LogP contribution in [-0.4, -0.2) is 33.7 Å². The largest absolute Gasteiger partial charge is 0.398 e. The average molecular weight is 242 g/mol. The van der Waals surface area contributed by atoms with Crippen molar-refractivity contribution in [2.45, 2.75) is 6.54 Å². The van der Waals surface area contributed by atoms with E-state index < -0.39 is 10.8 Å². The van der Waals surface area contributed by atoms with Crippen molar-refractivity contribution in [1.29, 1.82) is 0 Å². The lowest BCUT2D eigenvalue weighted by Crippen LogP contribution is -2.37. The minimum Gasteiger partial charge on any atom is -0.398 e. The highest BCUT2D eigenvalue weighted by Gasteiger charge is 2.17. The minimum absolute atomic E-state index is 0.258. The Morgan fingerprint density at radius 1 is 1.38 bits per heavy atom. The van der Waals surface area contributed by atoms with E-state index in [0.717, 1.165) is 13.1 Å². The summed E-state index contributed by atoms with van der Waals surface area (Å²) in [5.41, 5.74) is 6.78. The van der Waals surface area contributed by atoms with Crippen molar-refractivity contribution in [3.05, 3.63) is 29.6 Å². The first-order chi connectivity index (χ1) is 7.66. The quantitative estimate of drug-likeness (QED) is 0.786. The van der Waals surface area contributed by atoms with Gasteiger partial charge in [-0.1, -0.05) is 6.07 Å². The molecule has 1 aromatic carbocycles. The van der Waals surface area contributed by atoms with Gasteiger partial charge in [-0.3, -0.25) is 9.11 Å². The van der Waals surface area contributed by atoms with E-state index in [-0.39, 0.29) is 5.82 Å². The SMILES string of the molecule is Nc1cccc(F)c1CN1CCS(=O)CC1. The molecule has 2 rings (SSSR count). The zero-order valence-corrected chi connectivity index (χ0v) is 9.80. The fraction of sp³-hybridized carbons (Fsp3) is 0.455. The number of hydrogen-bond acceptors (Lipinski definition) is 3. The van der Waals surface area contributed by atoms with Crippen molar-refractivity contribution in [1.82, 2.24) is 4.90 Å². The molecule has 5 heteroatoms. The summed E-state index contributed by atoms with van der Waals surface area (Å²) < 4.78 is 24.7. The van der Waals surface area contributed by atoms with Gasteiger partial charge in [0.2, 0.25) is 0 Å². The van der Waals surface area contributed by atoms with Gasteiger partial charge >= 0.3 is 0 Å². The Labute approximate surface area is 96.9 Å². The minimum atomic E-state index is -0.696. The van der Waals surface area contributed by atoms with Crippen LogP contribution in [0, 0.1) is 5.82 Å². The molecule has 16 heavy (non-hydrogen) atoms. The van der Waals surface area contributed by atoms with Crippen LogP contribution in [0.5, 0.6) is 0 Å². The number of nitrogens with two attached hydrogens (primary N) is 1. The first-order valence-electron chi connectivity index (χ1n) is 5.27. The Morgan fingerprint density at radius 2 is 2.06 bits per heavy atom. The first kappa shape index (κ1) is 11.5. The first-order valence-corrected chi connectivity index (χ1v) is 6.76. The molecule has 1 fully saturated rings. The topological polar surface area (TPSA) is 46.3 Å². The second-order valence-corrected chi connectivity index (χ2v) is 5.63. The molecule has 0 atom stereocenters. The van der Waals surface area contributed by atoms with Crippen molar-refractivity contribution in [3.63, 3.8) is 0 Å². The molecule has 0 aromatic heterocycles. The van der Waals surface area contributed by atoms with Crippen molar-refractivity contribution < 1.29 is 8.60 Å². The highest BCUT2D eigenvalue weighted by atomic mass is 32.2. The van der Waals surface area contributed by atoms with Gasteiger partial charge in [-0.05, 0) is 12.1 Å². The van der Waals surface area contributed by atoms with Crippen LogP contribution in [0.1, 0.15) is 5.56 Å². The van der Waals surface area contributed by atoms with Gasteiger partial charge in [0.1, 0.15) is 5.82 Å². The molecule has 1 aliphatic heterocycles. The fourth-order valence-electron chi connectivity index (χ4n) is 1.80. The van der Waals surface area contributed by atoms with E-state index in [9.17, 15) is 8.60 Å². The molecule has 0 radical (unpaired) electrons. The predicted molar refractivity (Wildman–Crippen MR) is 64.0 cm³/mol. The zero-order valence-electron chi connectivity index (χ0n) is 8.99. The van der Waals surface area contributed by atoms with Crippen LogP contribution >= 0.6 is 0 Å². The maximum absolute atomic E-state index is 13.5. The molecular formula is C11H15FN2OS.